The van der Waals surface area contributed by atoms with Crippen LogP contribution in [-0.2, 0) is 11.3 Å². The van der Waals surface area contributed by atoms with Gasteiger partial charge in [-0.05, 0) is 6.42 Å². The molecule has 0 aromatic carbocycles. The lowest BCUT2D eigenvalue weighted by molar-refractivity contribution is -0.130. The number of carbonyl (C=O) groups excluding carboxylic acids is 1. The zero-order valence-corrected chi connectivity index (χ0v) is 10.1. The van der Waals surface area contributed by atoms with Gasteiger partial charge in [-0.25, -0.2) is 9.78 Å². The summed E-state index contributed by atoms with van der Waals surface area (Å²) in [4.78, 5) is 27.7. The number of carboxylic acids is 1. The van der Waals surface area contributed by atoms with E-state index >= 15 is 0 Å². The Morgan fingerprint density at radius 2 is 2.24 bits per heavy atom. The quantitative estimate of drug-likeness (QED) is 0.798. The second kappa shape index (κ2) is 6.03. The van der Waals surface area contributed by atoms with E-state index in [0.29, 0.717) is 0 Å². The number of hydrogen-bond donors (Lipinski definition) is 1. The minimum Gasteiger partial charge on any atom is -0.476 e. The number of unbranched alkanes of at least 4 members (excludes halogenated alkanes) is 1. The molecule has 1 amide bonds. The van der Waals surface area contributed by atoms with E-state index in [4.69, 9.17) is 5.11 Å². The predicted molar refractivity (Wildman–Crippen MR) is 61.7 cm³/mol. The first-order valence-corrected chi connectivity index (χ1v) is 5.53. The van der Waals surface area contributed by atoms with Gasteiger partial charge in [-0.15, -0.1) is 0 Å². The molecule has 1 rings (SSSR count). The van der Waals surface area contributed by atoms with Crippen molar-refractivity contribution in [1.82, 2.24) is 14.5 Å². The number of hydrogen-bond acceptors (Lipinski definition) is 3. The van der Waals surface area contributed by atoms with Crippen molar-refractivity contribution in [3.63, 3.8) is 0 Å². The minimum absolute atomic E-state index is 0.0472. The van der Waals surface area contributed by atoms with Gasteiger partial charge in [0.05, 0.1) is 6.33 Å². The number of nitrogens with zero attached hydrogens (tertiary/aromatic N) is 3. The van der Waals surface area contributed by atoms with Gasteiger partial charge in [-0.3, -0.25) is 4.79 Å². The first-order chi connectivity index (χ1) is 8.04. The van der Waals surface area contributed by atoms with Gasteiger partial charge in [0.2, 0.25) is 5.91 Å². The second-order valence-electron chi connectivity index (χ2n) is 3.91. The van der Waals surface area contributed by atoms with Crippen LogP contribution in [-0.4, -0.2) is 45.0 Å². The van der Waals surface area contributed by atoms with E-state index in [2.05, 4.69) is 11.9 Å². The zero-order chi connectivity index (χ0) is 12.8. The summed E-state index contributed by atoms with van der Waals surface area (Å²) >= 11 is 0. The van der Waals surface area contributed by atoms with E-state index in [1.165, 1.54) is 17.1 Å². The summed E-state index contributed by atoms with van der Waals surface area (Å²) in [5, 5.41) is 8.69. The third-order valence-corrected chi connectivity index (χ3v) is 2.44. The number of likely N-dealkylation sites (N-methyl/N-ethyl adjacent to an activating group) is 1. The molecule has 0 fully saturated rings. The average Bonchev–Trinajstić information content (AvgIpc) is 2.74. The van der Waals surface area contributed by atoms with Crippen molar-refractivity contribution >= 4 is 11.9 Å². The van der Waals surface area contributed by atoms with Gasteiger partial charge >= 0.3 is 5.97 Å². The van der Waals surface area contributed by atoms with Gasteiger partial charge in [-0.2, -0.15) is 0 Å². The molecule has 1 aromatic heterocycles. The molecule has 0 unspecified atom stereocenters. The zero-order valence-electron chi connectivity index (χ0n) is 10.1. The molecule has 0 radical (unpaired) electrons. The molecule has 0 bridgehead atoms. The average molecular weight is 239 g/mol. The van der Waals surface area contributed by atoms with E-state index in [1.807, 2.05) is 0 Å². The standard InChI is InChI=1S/C11H17N3O3/c1-3-4-5-13(2)10(15)7-14-6-9(11(16)17)12-8-14/h6,8H,3-5,7H2,1-2H3,(H,16,17). The SMILES string of the molecule is CCCCN(C)C(=O)Cn1cnc(C(=O)O)c1. The van der Waals surface area contributed by atoms with Crippen LogP contribution in [0.4, 0.5) is 0 Å². The van der Waals surface area contributed by atoms with E-state index < -0.39 is 5.97 Å². The molecule has 1 heterocycles. The summed E-state index contributed by atoms with van der Waals surface area (Å²) in [6, 6.07) is 0. The molecular formula is C11H17N3O3. The molecule has 17 heavy (non-hydrogen) atoms. The van der Waals surface area contributed by atoms with Gasteiger partial charge in [-0.1, -0.05) is 13.3 Å². The highest BCUT2D eigenvalue weighted by Crippen LogP contribution is 1.99. The van der Waals surface area contributed by atoms with Crippen LogP contribution in [0.25, 0.3) is 0 Å². The van der Waals surface area contributed by atoms with Crippen LogP contribution >= 0.6 is 0 Å². The third-order valence-electron chi connectivity index (χ3n) is 2.44. The van der Waals surface area contributed by atoms with Crippen molar-refractivity contribution in [2.24, 2.45) is 0 Å². The number of rotatable bonds is 6. The van der Waals surface area contributed by atoms with E-state index in [1.54, 1.807) is 11.9 Å². The molecule has 0 aliphatic carbocycles. The van der Waals surface area contributed by atoms with Crippen molar-refractivity contribution in [1.29, 1.82) is 0 Å². The first kappa shape index (κ1) is 13.2. The van der Waals surface area contributed by atoms with Crippen LogP contribution in [0.5, 0.6) is 0 Å². The molecule has 0 saturated carbocycles. The van der Waals surface area contributed by atoms with Crippen molar-refractivity contribution in [2.45, 2.75) is 26.3 Å². The highest BCUT2D eigenvalue weighted by molar-refractivity contribution is 5.85. The van der Waals surface area contributed by atoms with Gasteiger partial charge in [0.1, 0.15) is 6.54 Å². The number of imidazole rings is 1. The van der Waals surface area contributed by atoms with Crippen molar-refractivity contribution in [3.05, 3.63) is 18.2 Å². The Bertz CT molecular complexity index is 400. The van der Waals surface area contributed by atoms with Crippen LogP contribution in [0.2, 0.25) is 0 Å². The monoisotopic (exact) mass is 239 g/mol. The maximum absolute atomic E-state index is 11.7. The van der Waals surface area contributed by atoms with Crippen molar-refractivity contribution < 1.29 is 14.7 Å². The first-order valence-electron chi connectivity index (χ1n) is 5.53. The van der Waals surface area contributed by atoms with Crippen LogP contribution in [0.1, 0.15) is 30.3 Å². The molecular weight excluding hydrogens is 222 g/mol. The number of amides is 1. The fourth-order valence-corrected chi connectivity index (χ4v) is 1.35. The molecule has 0 saturated heterocycles. The highest BCUT2D eigenvalue weighted by Gasteiger charge is 2.11. The number of aromatic nitrogens is 2. The summed E-state index contributed by atoms with van der Waals surface area (Å²) < 4.78 is 1.48. The van der Waals surface area contributed by atoms with Gasteiger partial charge in [0.15, 0.2) is 5.69 Å². The summed E-state index contributed by atoms with van der Waals surface area (Å²) in [6.07, 6.45) is 4.71. The number of aromatic carboxylic acids is 1. The maximum Gasteiger partial charge on any atom is 0.356 e. The van der Waals surface area contributed by atoms with Crippen LogP contribution in [0.15, 0.2) is 12.5 Å². The molecule has 0 aliphatic heterocycles. The number of carboxylic acid groups (broad SMARTS) is 1. The topological polar surface area (TPSA) is 75.4 Å². The summed E-state index contributed by atoms with van der Waals surface area (Å²) in [5.41, 5.74) is -0.0472. The lowest BCUT2D eigenvalue weighted by Gasteiger charge is -2.16. The Morgan fingerprint density at radius 3 is 2.76 bits per heavy atom. The second-order valence-corrected chi connectivity index (χ2v) is 3.91. The van der Waals surface area contributed by atoms with E-state index in [-0.39, 0.29) is 18.1 Å². The maximum atomic E-state index is 11.7. The normalized spacial score (nSPS) is 10.2. The van der Waals surface area contributed by atoms with Gasteiger partial charge in [0.25, 0.3) is 0 Å². The molecule has 6 nitrogen and oxygen atoms in total. The Kier molecular flexibility index (Phi) is 4.68. The van der Waals surface area contributed by atoms with Gasteiger partial charge in [0, 0.05) is 19.8 Å². The Morgan fingerprint density at radius 1 is 1.53 bits per heavy atom. The predicted octanol–water partition coefficient (Wildman–Crippen LogP) is 0.840. The van der Waals surface area contributed by atoms with Crippen molar-refractivity contribution in [3.8, 4) is 0 Å². The molecule has 0 spiro atoms. The van der Waals surface area contributed by atoms with Crippen LogP contribution in [0, 0.1) is 0 Å². The Labute approximate surface area is 99.9 Å². The largest absolute Gasteiger partial charge is 0.476 e. The summed E-state index contributed by atoms with van der Waals surface area (Å²) in [6.45, 7) is 2.91. The van der Waals surface area contributed by atoms with Crippen LogP contribution < -0.4 is 0 Å². The summed E-state index contributed by atoms with van der Waals surface area (Å²) in [7, 11) is 1.74. The number of carbonyl (C=O) groups is 2. The van der Waals surface area contributed by atoms with E-state index in [0.717, 1.165) is 19.4 Å². The highest BCUT2D eigenvalue weighted by atomic mass is 16.4. The molecule has 0 aliphatic rings. The molecule has 94 valence electrons. The Hall–Kier alpha value is -1.85. The smallest absolute Gasteiger partial charge is 0.356 e. The van der Waals surface area contributed by atoms with Gasteiger partial charge < -0.3 is 14.6 Å². The van der Waals surface area contributed by atoms with Crippen molar-refractivity contribution in [2.75, 3.05) is 13.6 Å². The molecule has 1 aromatic rings. The van der Waals surface area contributed by atoms with Crippen LogP contribution in [0.3, 0.4) is 0 Å². The minimum atomic E-state index is -1.09. The Balaban J connectivity index is 2.52. The fraction of sp³-hybridized carbons (Fsp3) is 0.545. The fourth-order valence-electron chi connectivity index (χ4n) is 1.35. The molecule has 1 N–H and O–H groups in total. The molecule has 0 atom stereocenters. The third kappa shape index (κ3) is 3.90. The lowest BCUT2D eigenvalue weighted by Crippen LogP contribution is -2.30. The molecule has 6 heteroatoms. The summed E-state index contributed by atoms with van der Waals surface area (Å²) in [5.74, 6) is -1.14. The van der Waals surface area contributed by atoms with E-state index in [9.17, 15) is 9.59 Å². The lowest BCUT2D eigenvalue weighted by atomic mass is 10.3.